The normalized spacial score (nSPS) is 15.9. The molecule has 0 atom stereocenters. The molecule has 0 saturated heterocycles. The van der Waals surface area contributed by atoms with Gasteiger partial charge in [0.2, 0.25) is 0 Å². The van der Waals surface area contributed by atoms with Gasteiger partial charge in [0.25, 0.3) is 0 Å². The second kappa shape index (κ2) is 2.83. The number of carbonyl (C=O) groups excluding carboxylic acids is 1. The quantitative estimate of drug-likeness (QED) is 0.566. The summed E-state index contributed by atoms with van der Waals surface area (Å²) in [5, 5.41) is 0.424. The van der Waals surface area contributed by atoms with Crippen LogP contribution in [-0.2, 0) is 17.6 Å². The van der Waals surface area contributed by atoms with Gasteiger partial charge in [-0.1, -0.05) is 11.6 Å². The van der Waals surface area contributed by atoms with E-state index in [1.807, 2.05) is 0 Å². The lowest BCUT2D eigenvalue weighted by atomic mass is 9.96. The second-order valence-corrected chi connectivity index (χ2v) is 3.16. The van der Waals surface area contributed by atoms with Gasteiger partial charge in [0.15, 0.2) is 0 Å². The molecular formula is C8H7ClN2O. The molecule has 0 bridgehead atoms. The van der Waals surface area contributed by atoms with Crippen molar-refractivity contribution in [2.24, 2.45) is 0 Å². The number of aryl methyl sites for hydroxylation is 1. The first kappa shape index (κ1) is 7.68. The van der Waals surface area contributed by atoms with Gasteiger partial charge in [0.1, 0.15) is 17.3 Å². The van der Waals surface area contributed by atoms with Crippen LogP contribution in [0.5, 0.6) is 0 Å². The van der Waals surface area contributed by atoms with Crippen molar-refractivity contribution in [2.75, 3.05) is 0 Å². The van der Waals surface area contributed by atoms with Crippen LogP contribution < -0.4 is 0 Å². The summed E-state index contributed by atoms with van der Waals surface area (Å²) >= 11 is 5.80. The number of halogens is 1. The molecule has 3 nitrogen and oxygen atoms in total. The smallest absolute Gasteiger partial charge is 0.137 e. The minimum atomic E-state index is 0.221. The van der Waals surface area contributed by atoms with Crippen molar-refractivity contribution in [3.63, 3.8) is 0 Å². The number of nitrogens with zero attached hydrogens (tertiary/aromatic N) is 2. The number of rotatable bonds is 0. The molecule has 1 heterocycles. The van der Waals surface area contributed by atoms with E-state index in [0.717, 1.165) is 11.3 Å². The van der Waals surface area contributed by atoms with Crippen LogP contribution in [0.1, 0.15) is 17.7 Å². The summed E-state index contributed by atoms with van der Waals surface area (Å²) in [6.45, 7) is 0. The third-order valence-corrected chi connectivity index (χ3v) is 2.32. The first-order valence-electron chi connectivity index (χ1n) is 3.77. The molecule has 0 amide bonds. The Kier molecular flexibility index (Phi) is 1.81. The summed E-state index contributed by atoms with van der Waals surface area (Å²) in [5.41, 5.74) is 1.74. The predicted molar refractivity (Wildman–Crippen MR) is 44.1 cm³/mol. The van der Waals surface area contributed by atoms with Crippen LogP contribution in [0.4, 0.5) is 0 Å². The van der Waals surface area contributed by atoms with Crippen molar-refractivity contribution in [3.8, 4) is 0 Å². The maximum atomic E-state index is 11.1. The Morgan fingerprint density at radius 1 is 1.33 bits per heavy atom. The van der Waals surface area contributed by atoms with E-state index in [9.17, 15) is 4.79 Å². The Morgan fingerprint density at radius 2 is 2.17 bits per heavy atom. The molecular weight excluding hydrogens is 176 g/mol. The molecule has 1 aliphatic rings. The van der Waals surface area contributed by atoms with Gasteiger partial charge >= 0.3 is 0 Å². The Labute approximate surface area is 74.8 Å². The zero-order valence-corrected chi connectivity index (χ0v) is 7.14. The van der Waals surface area contributed by atoms with Crippen molar-refractivity contribution in [3.05, 3.63) is 22.7 Å². The summed E-state index contributed by atoms with van der Waals surface area (Å²) in [6, 6.07) is 0. The Hall–Kier alpha value is -0.960. The third-order valence-electron chi connectivity index (χ3n) is 2.00. The van der Waals surface area contributed by atoms with Crippen LogP contribution in [0.15, 0.2) is 6.33 Å². The maximum absolute atomic E-state index is 11.1. The lowest BCUT2D eigenvalue weighted by Crippen LogP contribution is -2.15. The molecule has 0 aliphatic heterocycles. The molecule has 0 aromatic carbocycles. The highest BCUT2D eigenvalue weighted by molar-refractivity contribution is 6.30. The highest BCUT2D eigenvalue weighted by atomic mass is 35.5. The fourth-order valence-electron chi connectivity index (χ4n) is 1.36. The average molecular weight is 183 g/mol. The van der Waals surface area contributed by atoms with Crippen molar-refractivity contribution in [2.45, 2.75) is 19.3 Å². The van der Waals surface area contributed by atoms with Crippen molar-refractivity contribution in [1.82, 2.24) is 9.97 Å². The summed E-state index contributed by atoms with van der Waals surface area (Å²) < 4.78 is 0. The van der Waals surface area contributed by atoms with E-state index in [1.165, 1.54) is 6.33 Å². The van der Waals surface area contributed by atoms with Gasteiger partial charge in [-0.05, 0) is 6.42 Å². The number of hydrogen-bond donors (Lipinski definition) is 0. The monoisotopic (exact) mass is 182 g/mol. The van der Waals surface area contributed by atoms with Crippen LogP contribution >= 0.6 is 11.6 Å². The van der Waals surface area contributed by atoms with Gasteiger partial charge in [-0.3, -0.25) is 4.79 Å². The summed E-state index contributed by atoms with van der Waals surface area (Å²) in [5.74, 6) is 0.221. The van der Waals surface area contributed by atoms with E-state index in [4.69, 9.17) is 11.6 Å². The molecule has 0 saturated carbocycles. The van der Waals surface area contributed by atoms with Gasteiger partial charge in [-0.25, -0.2) is 9.97 Å². The minimum absolute atomic E-state index is 0.221. The molecule has 0 fully saturated rings. The molecule has 12 heavy (non-hydrogen) atoms. The summed E-state index contributed by atoms with van der Waals surface area (Å²) in [4.78, 5) is 19.0. The third kappa shape index (κ3) is 1.20. The topological polar surface area (TPSA) is 42.9 Å². The van der Waals surface area contributed by atoms with E-state index in [0.29, 0.717) is 24.4 Å². The van der Waals surface area contributed by atoms with E-state index < -0.39 is 0 Å². The Balaban J connectivity index is 2.50. The van der Waals surface area contributed by atoms with Crippen LogP contribution in [0.3, 0.4) is 0 Å². The van der Waals surface area contributed by atoms with Gasteiger partial charge in [-0.2, -0.15) is 0 Å². The summed E-state index contributed by atoms with van der Waals surface area (Å²) in [6.07, 6.45) is 3.13. The maximum Gasteiger partial charge on any atom is 0.137 e. The standard InChI is InChI=1S/C8H7ClN2O/c9-8-6-3-5(12)1-2-7(6)10-4-11-8/h4H,1-3H2. The van der Waals surface area contributed by atoms with E-state index >= 15 is 0 Å². The van der Waals surface area contributed by atoms with Crippen molar-refractivity contribution >= 4 is 17.4 Å². The second-order valence-electron chi connectivity index (χ2n) is 2.81. The highest BCUT2D eigenvalue weighted by Crippen LogP contribution is 2.22. The van der Waals surface area contributed by atoms with Crippen LogP contribution in [0.25, 0.3) is 0 Å². The van der Waals surface area contributed by atoms with Crippen LogP contribution in [0, 0.1) is 0 Å². The molecule has 4 heteroatoms. The first-order chi connectivity index (χ1) is 5.77. The minimum Gasteiger partial charge on any atom is -0.299 e. The highest BCUT2D eigenvalue weighted by Gasteiger charge is 2.19. The number of carbonyl (C=O) groups is 1. The van der Waals surface area contributed by atoms with E-state index in [1.54, 1.807) is 0 Å². The number of ketones is 1. The number of fused-ring (bicyclic) bond motifs is 1. The fourth-order valence-corrected chi connectivity index (χ4v) is 1.58. The molecule has 0 unspecified atom stereocenters. The Morgan fingerprint density at radius 3 is 3.00 bits per heavy atom. The SMILES string of the molecule is O=C1CCc2ncnc(Cl)c2C1. The van der Waals surface area contributed by atoms with Crippen molar-refractivity contribution in [1.29, 1.82) is 0 Å². The van der Waals surface area contributed by atoms with Gasteiger partial charge < -0.3 is 0 Å². The van der Waals surface area contributed by atoms with Crippen molar-refractivity contribution < 1.29 is 4.79 Å². The fraction of sp³-hybridized carbons (Fsp3) is 0.375. The predicted octanol–water partition coefficient (Wildman–Crippen LogP) is 1.19. The largest absolute Gasteiger partial charge is 0.299 e. The number of Topliss-reactive ketones (excluding diaryl/α,β-unsaturated/α-hetero) is 1. The molecule has 0 radical (unpaired) electrons. The molecule has 1 aliphatic carbocycles. The molecule has 0 spiro atoms. The van der Waals surface area contributed by atoms with E-state index in [2.05, 4.69) is 9.97 Å². The summed E-state index contributed by atoms with van der Waals surface area (Å²) in [7, 11) is 0. The Bertz CT molecular complexity index is 338. The lowest BCUT2D eigenvalue weighted by molar-refractivity contribution is -0.118. The molecule has 1 aromatic heterocycles. The van der Waals surface area contributed by atoms with Crippen LogP contribution in [-0.4, -0.2) is 15.8 Å². The van der Waals surface area contributed by atoms with Gasteiger partial charge in [0.05, 0.1) is 0 Å². The average Bonchev–Trinajstić information content (AvgIpc) is 2.07. The molecule has 2 rings (SSSR count). The molecule has 62 valence electrons. The lowest BCUT2D eigenvalue weighted by Gasteiger charge is -2.13. The molecule has 0 N–H and O–H groups in total. The molecule has 1 aromatic rings. The van der Waals surface area contributed by atoms with Gasteiger partial charge in [0, 0.05) is 24.1 Å². The van der Waals surface area contributed by atoms with Gasteiger partial charge in [-0.15, -0.1) is 0 Å². The number of hydrogen-bond acceptors (Lipinski definition) is 3. The zero-order chi connectivity index (χ0) is 8.55. The van der Waals surface area contributed by atoms with E-state index in [-0.39, 0.29) is 5.78 Å². The number of aromatic nitrogens is 2. The van der Waals surface area contributed by atoms with Crippen LogP contribution in [0.2, 0.25) is 5.15 Å². The zero-order valence-electron chi connectivity index (χ0n) is 6.38. The first-order valence-corrected chi connectivity index (χ1v) is 4.15.